The second kappa shape index (κ2) is 4.14. The van der Waals surface area contributed by atoms with Crippen molar-refractivity contribution in [2.75, 3.05) is 7.11 Å². The molecule has 0 unspecified atom stereocenters. The number of H-pyrrole nitrogens is 1. The molecule has 2 rings (SSSR count). The highest BCUT2D eigenvalue weighted by Gasteiger charge is 2.52. The van der Waals surface area contributed by atoms with Gasteiger partial charge in [-0.3, -0.25) is 4.79 Å². The summed E-state index contributed by atoms with van der Waals surface area (Å²) in [7, 11) is 0.896. The smallest absolute Gasteiger partial charge is 0.491 e. The van der Waals surface area contributed by atoms with Crippen LogP contribution in [0.3, 0.4) is 0 Å². The number of rotatable bonds is 2. The molecular formula is C12H18BNO4. The van der Waals surface area contributed by atoms with Crippen LogP contribution in [0.4, 0.5) is 0 Å². The van der Waals surface area contributed by atoms with Gasteiger partial charge in [0, 0.05) is 5.59 Å². The number of ether oxygens (including phenoxy) is 1. The minimum atomic E-state index is -0.561. The molecule has 18 heavy (non-hydrogen) atoms. The maximum Gasteiger partial charge on any atom is 0.512 e. The van der Waals surface area contributed by atoms with Crippen LogP contribution in [-0.2, 0) is 9.31 Å². The number of aromatic nitrogens is 1. The zero-order valence-corrected chi connectivity index (χ0v) is 11.4. The first-order chi connectivity index (χ1) is 8.27. The van der Waals surface area contributed by atoms with Crippen molar-refractivity contribution >= 4 is 12.7 Å². The number of hydrogen-bond donors (Lipinski definition) is 1. The van der Waals surface area contributed by atoms with Crippen LogP contribution in [0.5, 0.6) is 5.75 Å². The van der Waals surface area contributed by atoms with E-state index in [0.29, 0.717) is 5.59 Å². The Morgan fingerprint density at radius 3 is 2.17 bits per heavy atom. The molecule has 0 aromatic carbocycles. The first-order valence-electron chi connectivity index (χ1n) is 5.90. The van der Waals surface area contributed by atoms with Crippen LogP contribution < -0.4 is 15.9 Å². The third-order valence-corrected chi connectivity index (χ3v) is 3.62. The first kappa shape index (κ1) is 13.2. The standard InChI is InChI=1S/C12H18BNO4/c1-11(2)12(3,4)18-13(17-11)9-7-6-8(16-5)10(15)14-9/h6-7H,1-5H3,(H,14,15). The van der Waals surface area contributed by atoms with Crippen LogP contribution in [0.1, 0.15) is 27.7 Å². The summed E-state index contributed by atoms with van der Waals surface area (Å²) >= 11 is 0. The fourth-order valence-electron chi connectivity index (χ4n) is 1.74. The van der Waals surface area contributed by atoms with Crippen molar-refractivity contribution in [2.45, 2.75) is 38.9 Å². The Labute approximate surface area is 107 Å². The van der Waals surface area contributed by atoms with Gasteiger partial charge in [-0.05, 0) is 39.8 Å². The van der Waals surface area contributed by atoms with Gasteiger partial charge < -0.3 is 19.0 Å². The van der Waals surface area contributed by atoms with Crippen molar-refractivity contribution in [1.82, 2.24) is 4.98 Å². The molecule has 1 N–H and O–H groups in total. The van der Waals surface area contributed by atoms with E-state index in [1.54, 1.807) is 12.1 Å². The predicted octanol–water partition coefficient (Wildman–Crippen LogP) is 0.683. The van der Waals surface area contributed by atoms with E-state index >= 15 is 0 Å². The van der Waals surface area contributed by atoms with E-state index < -0.39 is 18.3 Å². The number of hydrogen-bond acceptors (Lipinski definition) is 4. The van der Waals surface area contributed by atoms with Crippen LogP contribution in [0.2, 0.25) is 0 Å². The molecule has 0 spiro atoms. The maximum absolute atomic E-state index is 11.7. The molecule has 1 aromatic heterocycles. The Bertz CT molecular complexity index is 493. The highest BCUT2D eigenvalue weighted by Crippen LogP contribution is 2.36. The third-order valence-electron chi connectivity index (χ3n) is 3.62. The summed E-state index contributed by atoms with van der Waals surface area (Å²) < 4.78 is 16.6. The second-order valence-electron chi connectivity index (χ2n) is 5.40. The summed E-state index contributed by atoms with van der Waals surface area (Å²) in [5, 5.41) is 0. The van der Waals surface area contributed by atoms with E-state index in [1.165, 1.54) is 7.11 Å². The van der Waals surface area contributed by atoms with Gasteiger partial charge in [0.15, 0.2) is 5.75 Å². The Kier molecular flexibility index (Phi) is 3.03. The molecule has 1 fully saturated rings. The molecule has 1 saturated heterocycles. The highest BCUT2D eigenvalue weighted by molar-refractivity contribution is 6.61. The Morgan fingerprint density at radius 2 is 1.72 bits per heavy atom. The largest absolute Gasteiger partial charge is 0.512 e. The molecule has 0 aliphatic carbocycles. The monoisotopic (exact) mass is 251 g/mol. The minimum Gasteiger partial charge on any atom is -0.491 e. The van der Waals surface area contributed by atoms with E-state index in [4.69, 9.17) is 14.0 Å². The van der Waals surface area contributed by atoms with Gasteiger partial charge in [0.1, 0.15) is 0 Å². The second-order valence-corrected chi connectivity index (χ2v) is 5.40. The van der Waals surface area contributed by atoms with E-state index in [-0.39, 0.29) is 11.3 Å². The predicted molar refractivity (Wildman–Crippen MR) is 69.3 cm³/mol. The quantitative estimate of drug-likeness (QED) is 0.785. The van der Waals surface area contributed by atoms with Crippen LogP contribution in [-0.4, -0.2) is 30.4 Å². The van der Waals surface area contributed by atoms with Gasteiger partial charge in [0.05, 0.1) is 18.3 Å². The average molecular weight is 251 g/mol. The van der Waals surface area contributed by atoms with Crippen LogP contribution in [0, 0.1) is 0 Å². The van der Waals surface area contributed by atoms with E-state index in [9.17, 15) is 4.79 Å². The lowest BCUT2D eigenvalue weighted by Gasteiger charge is -2.32. The van der Waals surface area contributed by atoms with E-state index in [1.807, 2.05) is 27.7 Å². The van der Waals surface area contributed by atoms with Gasteiger partial charge in [-0.1, -0.05) is 0 Å². The van der Waals surface area contributed by atoms with Gasteiger partial charge in [-0.15, -0.1) is 0 Å². The zero-order valence-electron chi connectivity index (χ0n) is 11.4. The lowest BCUT2D eigenvalue weighted by Crippen LogP contribution is -2.41. The molecule has 1 aliphatic heterocycles. The Balaban J connectivity index is 2.30. The molecule has 1 aromatic rings. The van der Waals surface area contributed by atoms with E-state index in [2.05, 4.69) is 4.98 Å². The molecular weight excluding hydrogens is 233 g/mol. The molecule has 0 atom stereocenters. The number of methoxy groups -OCH3 is 1. The normalized spacial score (nSPS) is 21.1. The summed E-state index contributed by atoms with van der Waals surface area (Å²) in [6, 6.07) is 3.35. The third kappa shape index (κ3) is 2.06. The topological polar surface area (TPSA) is 60.6 Å². The molecule has 1 aliphatic rings. The van der Waals surface area contributed by atoms with Crippen molar-refractivity contribution in [2.24, 2.45) is 0 Å². The fourth-order valence-corrected chi connectivity index (χ4v) is 1.74. The lowest BCUT2D eigenvalue weighted by atomic mass is 9.84. The molecule has 0 bridgehead atoms. The van der Waals surface area contributed by atoms with Crippen LogP contribution in [0.25, 0.3) is 0 Å². The lowest BCUT2D eigenvalue weighted by molar-refractivity contribution is 0.00578. The highest BCUT2D eigenvalue weighted by atomic mass is 16.7. The molecule has 0 radical (unpaired) electrons. The molecule has 98 valence electrons. The van der Waals surface area contributed by atoms with Gasteiger partial charge >= 0.3 is 7.12 Å². The SMILES string of the molecule is COc1ccc(B2OC(C)(C)C(C)(C)O2)[nH]c1=O. The van der Waals surface area contributed by atoms with Gasteiger partial charge in [0.25, 0.3) is 5.56 Å². The molecule has 0 saturated carbocycles. The zero-order chi connectivity index (χ0) is 13.6. The van der Waals surface area contributed by atoms with Gasteiger partial charge in [-0.25, -0.2) is 0 Å². The maximum atomic E-state index is 11.7. The van der Waals surface area contributed by atoms with Crippen LogP contribution in [0.15, 0.2) is 16.9 Å². The fraction of sp³-hybridized carbons (Fsp3) is 0.583. The van der Waals surface area contributed by atoms with Crippen molar-refractivity contribution < 1.29 is 14.0 Å². The number of aromatic amines is 1. The Hall–Kier alpha value is -1.27. The minimum absolute atomic E-state index is 0.273. The molecule has 2 heterocycles. The van der Waals surface area contributed by atoms with Crippen molar-refractivity contribution in [3.63, 3.8) is 0 Å². The van der Waals surface area contributed by atoms with Gasteiger partial charge in [-0.2, -0.15) is 0 Å². The van der Waals surface area contributed by atoms with E-state index in [0.717, 1.165) is 0 Å². The summed E-state index contributed by atoms with van der Waals surface area (Å²) in [6.45, 7) is 7.87. The molecule has 0 amide bonds. The molecule has 5 nitrogen and oxygen atoms in total. The average Bonchev–Trinajstić information content (AvgIpc) is 2.48. The first-order valence-corrected chi connectivity index (χ1v) is 5.90. The number of nitrogens with one attached hydrogen (secondary N) is 1. The van der Waals surface area contributed by atoms with Crippen LogP contribution >= 0.6 is 0 Å². The summed E-state index contributed by atoms with van der Waals surface area (Å²) in [4.78, 5) is 14.4. The van der Waals surface area contributed by atoms with Gasteiger partial charge in [0.2, 0.25) is 0 Å². The van der Waals surface area contributed by atoms with Crippen molar-refractivity contribution in [3.05, 3.63) is 22.5 Å². The number of pyridine rings is 1. The summed E-state index contributed by atoms with van der Waals surface area (Å²) in [5.41, 5.74) is -0.535. The summed E-state index contributed by atoms with van der Waals surface area (Å²) in [5.74, 6) is 0.273. The Morgan fingerprint density at radius 1 is 1.17 bits per heavy atom. The molecule has 6 heteroatoms. The van der Waals surface area contributed by atoms with Crippen molar-refractivity contribution in [3.8, 4) is 5.75 Å². The van der Waals surface area contributed by atoms with Crippen molar-refractivity contribution in [1.29, 1.82) is 0 Å². The summed E-state index contributed by atoms with van der Waals surface area (Å²) in [6.07, 6.45) is 0.